The Bertz CT molecular complexity index is 2190. The number of hydrogen-bond acceptors (Lipinski definition) is 8. The first-order valence-corrected chi connectivity index (χ1v) is 15.8. The summed E-state index contributed by atoms with van der Waals surface area (Å²) in [4.78, 5) is 53.3. The van der Waals surface area contributed by atoms with E-state index in [-0.39, 0.29) is 30.5 Å². The van der Waals surface area contributed by atoms with Crippen LogP contribution < -0.4 is 15.3 Å². The van der Waals surface area contributed by atoms with Crippen LogP contribution in [0.25, 0.3) is 33.4 Å². The molecule has 5 N–H and O–H groups in total. The summed E-state index contributed by atoms with van der Waals surface area (Å²) in [6.07, 6.45) is 0.203. The Balaban J connectivity index is 1.50. The van der Waals surface area contributed by atoms with Crippen molar-refractivity contribution in [3.05, 3.63) is 99.0 Å². The first-order valence-electron chi connectivity index (χ1n) is 13.3. The molecular formula is C30H19F5NO10PS. The molecule has 48 heavy (non-hydrogen) atoms. The summed E-state index contributed by atoms with van der Waals surface area (Å²) in [7, 11) is -4.76. The Labute approximate surface area is 269 Å². The van der Waals surface area contributed by atoms with E-state index in [4.69, 9.17) is 14.2 Å². The Hall–Kier alpha value is -4.96. The third-order valence-electron chi connectivity index (χ3n) is 6.82. The zero-order valence-electron chi connectivity index (χ0n) is 23.7. The highest BCUT2D eigenvalue weighted by atomic mass is 32.2. The first kappa shape index (κ1) is 34.4. The molecule has 0 saturated carbocycles. The standard InChI is InChI=1S/C30H19F5NO10PS/c31-16-7-14-20(9-18(16)37)45-21-10-19(38)17(32)8-15(21)23(14)24-25(30(40)41)26(33)28(35)29(27(24)34)48-11-22(39)36-6-5-12-1-3-13(4-2-12)46-47(42,43)44/h1-4,7-10,37H,5-6,11H2,(H,36,39)(H,40,41)(H2,42,43,44). The third-order valence-corrected chi connectivity index (χ3v) is 8.32. The number of carboxylic acid groups (broad SMARTS) is 1. The van der Waals surface area contributed by atoms with Gasteiger partial charge in [0.25, 0.3) is 0 Å². The first-order chi connectivity index (χ1) is 22.6. The second kappa shape index (κ2) is 13.3. The number of phosphoric acid groups is 1. The maximum Gasteiger partial charge on any atom is 0.524 e. The Kier molecular flexibility index (Phi) is 9.51. The highest BCUT2D eigenvalue weighted by Gasteiger charge is 2.34. The molecule has 0 saturated heterocycles. The fourth-order valence-electron chi connectivity index (χ4n) is 4.76. The summed E-state index contributed by atoms with van der Waals surface area (Å²) in [5, 5.41) is 21.6. The van der Waals surface area contributed by atoms with E-state index < -0.39 is 110 Å². The van der Waals surface area contributed by atoms with Crippen LogP contribution in [0.1, 0.15) is 15.9 Å². The predicted molar refractivity (Wildman–Crippen MR) is 160 cm³/mol. The smallest absolute Gasteiger partial charge is 0.505 e. The lowest BCUT2D eigenvalue weighted by Crippen LogP contribution is -2.27. The SMILES string of the molecule is O=C(CSc1c(F)c(F)c(C(=O)O)c(-c2c3cc(F)c(=O)cc-3oc3cc(O)c(F)cc23)c1F)NCCc1ccc(OP(=O)(O)O)cc1. The van der Waals surface area contributed by atoms with E-state index in [0.717, 1.165) is 0 Å². The normalized spacial score (nSPS) is 11.6. The number of fused-ring (bicyclic) bond motifs is 2. The zero-order valence-corrected chi connectivity index (χ0v) is 25.4. The molecule has 5 rings (SSSR count). The molecule has 250 valence electrons. The molecule has 3 aromatic carbocycles. The van der Waals surface area contributed by atoms with E-state index in [1.54, 1.807) is 0 Å². The molecule has 0 atom stereocenters. The number of carbonyl (C=O) groups excluding carboxylic acids is 1. The van der Waals surface area contributed by atoms with Crippen LogP contribution in [0.15, 0.2) is 62.6 Å². The molecule has 1 amide bonds. The van der Waals surface area contributed by atoms with Gasteiger partial charge in [0.05, 0.1) is 10.6 Å². The van der Waals surface area contributed by atoms with E-state index in [1.165, 1.54) is 24.3 Å². The lowest BCUT2D eigenvalue weighted by atomic mass is 9.89. The molecule has 0 fully saturated rings. The summed E-state index contributed by atoms with van der Waals surface area (Å²) < 4.78 is 96.7. The number of nitrogens with one attached hydrogen (secondary N) is 1. The topological polar surface area (TPSA) is 184 Å². The van der Waals surface area contributed by atoms with Crippen LogP contribution in [0.3, 0.4) is 0 Å². The van der Waals surface area contributed by atoms with Crippen LogP contribution in [0.4, 0.5) is 22.0 Å². The summed E-state index contributed by atoms with van der Waals surface area (Å²) in [6, 6.07) is 7.88. The number of aromatic carboxylic acids is 1. The van der Waals surface area contributed by atoms with E-state index in [2.05, 4.69) is 9.84 Å². The van der Waals surface area contributed by atoms with Crippen molar-refractivity contribution in [1.82, 2.24) is 5.32 Å². The van der Waals surface area contributed by atoms with Gasteiger partial charge in [-0.3, -0.25) is 19.4 Å². The van der Waals surface area contributed by atoms with Crippen LogP contribution >= 0.6 is 19.6 Å². The molecule has 18 heteroatoms. The highest BCUT2D eigenvalue weighted by molar-refractivity contribution is 8.00. The summed E-state index contributed by atoms with van der Waals surface area (Å²) >= 11 is 0.154. The molecule has 0 radical (unpaired) electrons. The summed E-state index contributed by atoms with van der Waals surface area (Å²) in [5.74, 6) is -13.7. The molecule has 0 spiro atoms. The maximum atomic E-state index is 16.3. The van der Waals surface area contributed by atoms with Crippen LogP contribution in [0.5, 0.6) is 11.5 Å². The van der Waals surface area contributed by atoms with Crippen LogP contribution in [0, 0.1) is 29.1 Å². The minimum Gasteiger partial charge on any atom is -0.505 e. The monoisotopic (exact) mass is 711 g/mol. The fourth-order valence-corrected chi connectivity index (χ4v) is 5.98. The second-order valence-electron chi connectivity index (χ2n) is 10.00. The van der Waals surface area contributed by atoms with Gasteiger partial charge in [0.15, 0.2) is 29.0 Å². The van der Waals surface area contributed by atoms with Gasteiger partial charge in [0.2, 0.25) is 11.3 Å². The van der Waals surface area contributed by atoms with E-state index in [1.807, 2.05) is 0 Å². The molecule has 0 aromatic heterocycles. The minimum absolute atomic E-state index is 0.0161. The average Bonchev–Trinajstić information content (AvgIpc) is 3.00. The molecule has 1 heterocycles. The molecule has 3 aromatic rings. The highest BCUT2D eigenvalue weighted by Crippen LogP contribution is 2.46. The van der Waals surface area contributed by atoms with Gasteiger partial charge in [-0.15, -0.1) is 11.8 Å². The Morgan fingerprint density at radius 2 is 1.60 bits per heavy atom. The van der Waals surface area contributed by atoms with Crippen molar-refractivity contribution in [2.75, 3.05) is 12.3 Å². The average molecular weight is 712 g/mol. The number of rotatable bonds is 10. The molecule has 0 unspecified atom stereocenters. The van der Waals surface area contributed by atoms with Crippen LogP contribution in [-0.2, 0) is 15.8 Å². The van der Waals surface area contributed by atoms with Crippen molar-refractivity contribution in [2.45, 2.75) is 11.3 Å². The number of phenols is 1. The van der Waals surface area contributed by atoms with Crippen molar-refractivity contribution in [1.29, 1.82) is 0 Å². The number of phenolic OH excluding ortho intramolecular Hbond substituents is 1. The van der Waals surface area contributed by atoms with E-state index >= 15 is 13.2 Å². The zero-order chi connectivity index (χ0) is 35.1. The number of benzene rings is 4. The number of halogens is 5. The lowest BCUT2D eigenvalue weighted by molar-refractivity contribution is -0.118. The lowest BCUT2D eigenvalue weighted by Gasteiger charge is -2.19. The Morgan fingerprint density at radius 1 is 0.917 bits per heavy atom. The van der Waals surface area contributed by atoms with Gasteiger partial charge < -0.3 is 24.5 Å². The van der Waals surface area contributed by atoms with Gasteiger partial charge >= 0.3 is 13.8 Å². The van der Waals surface area contributed by atoms with Crippen molar-refractivity contribution >= 4 is 42.4 Å². The number of carbonyl (C=O) groups is 2. The quantitative estimate of drug-likeness (QED) is 0.0400. The van der Waals surface area contributed by atoms with Gasteiger partial charge in [0.1, 0.15) is 28.5 Å². The number of thioether (sulfide) groups is 1. The number of amides is 1. The number of carboxylic acids is 1. The fraction of sp³-hybridized carbons (Fsp3) is 0.100. The van der Waals surface area contributed by atoms with Crippen molar-refractivity contribution in [3.8, 4) is 33.9 Å². The molecule has 11 nitrogen and oxygen atoms in total. The predicted octanol–water partition coefficient (Wildman–Crippen LogP) is 5.59. The van der Waals surface area contributed by atoms with Crippen molar-refractivity contribution < 1.29 is 65.0 Å². The van der Waals surface area contributed by atoms with Gasteiger partial charge in [-0.1, -0.05) is 12.1 Å². The van der Waals surface area contributed by atoms with Crippen molar-refractivity contribution in [2.24, 2.45) is 0 Å². The van der Waals surface area contributed by atoms with Crippen molar-refractivity contribution in [3.63, 3.8) is 0 Å². The Morgan fingerprint density at radius 3 is 2.25 bits per heavy atom. The van der Waals surface area contributed by atoms with E-state index in [9.17, 15) is 37.9 Å². The van der Waals surface area contributed by atoms with Gasteiger partial charge in [-0.2, -0.15) is 0 Å². The summed E-state index contributed by atoms with van der Waals surface area (Å²) in [5.41, 5.74) is -5.03. The number of hydrogen-bond donors (Lipinski definition) is 5. The molecule has 0 bridgehead atoms. The third kappa shape index (κ3) is 6.99. The maximum absolute atomic E-state index is 16.3. The second-order valence-corrected chi connectivity index (χ2v) is 12.1. The molecular weight excluding hydrogens is 692 g/mol. The molecule has 1 aliphatic carbocycles. The minimum atomic E-state index is -4.76. The van der Waals surface area contributed by atoms with Gasteiger partial charge in [0, 0.05) is 40.8 Å². The van der Waals surface area contributed by atoms with Crippen LogP contribution in [-0.4, -0.2) is 44.2 Å². The number of aromatic hydroxyl groups is 1. The molecule has 2 aliphatic rings. The summed E-state index contributed by atoms with van der Waals surface area (Å²) in [6.45, 7) is -0.0161. The van der Waals surface area contributed by atoms with E-state index in [0.29, 0.717) is 29.8 Å². The van der Waals surface area contributed by atoms with Gasteiger partial charge in [-0.05, 0) is 36.2 Å². The number of phosphoric ester groups is 1. The largest absolute Gasteiger partial charge is 0.524 e. The van der Waals surface area contributed by atoms with Crippen LogP contribution in [0.2, 0.25) is 0 Å². The molecule has 1 aliphatic heterocycles. The van der Waals surface area contributed by atoms with Gasteiger partial charge in [-0.25, -0.2) is 31.3 Å².